The summed E-state index contributed by atoms with van der Waals surface area (Å²) in [7, 11) is 1.88. The molecule has 0 aliphatic heterocycles. The van der Waals surface area contributed by atoms with Gasteiger partial charge in [-0.25, -0.2) is 0 Å². The molecule has 2 aromatic heterocycles. The summed E-state index contributed by atoms with van der Waals surface area (Å²) in [4.78, 5) is 12.3. The molecule has 0 aliphatic carbocycles. The van der Waals surface area contributed by atoms with E-state index >= 15 is 0 Å². The third kappa shape index (κ3) is 3.05. The highest BCUT2D eigenvalue weighted by Gasteiger charge is 2.17. The second-order valence-corrected chi connectivity index (χ2v) is 6.02. The first-order valence-corrected chi connectivity index (χ1v) is 7.92. The van der Waals surface area contributed by atoms with Crippen molar-refractivity contribution in [2.75, 3.05) is 0 Å². The van der Waals surface area contributed by atoms with E-state index in [9.17, 15) is 4.79 Å². The Morgan fingerprint density at radius 2 is 2.08 bits per heavy atom. The van der Waals surface area contributed by atoms with Crippen LogP contribution in [0, 0.1) is 13.8 Å². The molecule has 0 saturated carbocycles. The van der Waals surface area contributed by atoms with Crippen molar-refractivity contribution in [2.45, 2.75) is 20.4 Å². The molecule has 0 saturated heterocycles. The fraction of sp³-hybridized carbons (Fsp3) is 0.235. The lowest BCUT2D eigenvalue weighted by atomic mass is 10.1. The van der Waals surface area contributed by atoms with Crippen molar-refractivity contribution in [2.24, 2.45) is 7.05 Å². The summed E-state index contributed by atoms with van der Waals surface area (Å²) in [6, 6.07) is 9.15. The first-order valence-electron chi connectivity index (χ1n) is 7.55. The van der Waals surface area contributed by atoms with Gasteiger partial charge in [0.05, 0.1) is 11.4 Å². The molecule has 2 heterocycles. The summed E-state index contributed by atoms with van der Waals surface area (Å²) in [5.41, 5.74) is 4.80. The molecule has 24 heavy (non-hydrogen) atoms. The minimum atomic E-state index is -0.229. The van der Waals surface area contributed by atoms with Gasteiger partial charge < -0.3 is 5.32 Å². The Hall–Kier alpha value is -2.60. The molecule has 2 N–H and O–H groups in total. The van der Waals surface area contributed by atoms with Gasteiger partial charge in [0, 0.05) is 29.9 Å². The first-order chi connectivity index (χ1) is 11.5. The Kier molecular flexibility index (Phi) is 4.40. The fourth-order valence-corrected chi connectivity index (χ4v) is 2.83. The number of benzene rings is 1. The summed E-state index contributed by atoms with van der Waals surface area (Å²) in [5, 5.41) is 14.9. The monoisotopic (exact) mass is 343 g/mol. The van der Waals surface area contributed by atoms with Crippen LogP contribution >= 0.6 is 11.6 Å². The van der Waals surface area contributed by atoms with Gasteiger partial charge in [-0.05, 0) is 31.5 Å². The molecule has 3 rings (SSSR count). The van der Waals surface area contributed by atoms with Gasteiger partial charge in [0.2, 0.25) is 0 Å². The lowest BCUT2D eigenvalue weighted by Gasteiger charge is -2.05. The number of hydrogen-bond acceptors (Lipinski definition) is 3. The van der Waals surface area contributed by atoms with Gasteiger partial charge in [-0.1, -0.05) is 29.8 Å². The lowest BCUT2D eigenvalue weighted by Crippen LogP contribution is -2.23. The van der Waals surface area contributed by atoms with Crippen LogP contribution in [0.1, 0.15) is 27.4 Å². The van der Waals surface area contributed by atoms with Crippen LogP contribution in [0.5, 0.6) is 0 Å². The van der Waals surface area contributed by atoms with Gasteiger partial charge in [-0.2, -0.15) is 10.2 Å². The zero-order valence-corrected chi connectivity index (χ0v) is 14.5. The van der Waals surface area contributed by atoms with Crippen LogP contribution in [0.4, 0.5) is 0 Å². The number of halogens is 1. The summed E-state index contributed by atoms with van der Waals surface area (Å²) in [6.07, 6.45) is 0. The standard InChI is InChI=1S/C17H18ClN5O/c1-10-16(11(2)23(3)22-10)14-8-15(21-20-14)17(24)19-9-12-6-4-5-7-13(12)18/h4-8H,9H2,1-3H3,(H,19,24)(H,20,21). The highest BCUT2D eigenvalue weighted by molar-refractivity contribution is 6.31. The molecule has 1 amide bonds. The molecule has 6 nitrogen and oxygen atoms in total. The number of aromatic amines is 1. The van der Waals surface area contributed by atoms with Crippen LogP contribution in [0.3, 0.4) is 0 Å². The molecule has 0 aliphatic rings. The van der Waals surface area contributed by atoms with Crippen LogP contribution in [-0.4, -0.2) is 25.9 Å². The predicted octanol–water partition coefficient (Wildman–Crippen LogP) is 3.01. The van der Waals surface area contributed by atoms with E-state index in [1.54, 1.807) is 16.8 Å². The molecule has 0 fully saturated rings. The number of aromatic nitrogens is 4. The minimum Gasteiger partial charge on any atom is -0.347 e. The van der Waals surface area contributed by atoms with Gasteiger partial charge in [-0.15, -0.1) is 0 Å². The number of carbonyl (C=O) groups is 1. The maximum atomic E-state index is 12.3. The smallest absolute Gasteiger partial charge is 0.269 e. The number of rotatable bonds is 4. The second kappa shape index (κ2) is 6.49. The van der Waals surface area contributed by atoms with E-state index in [-0.39, 0.29) is 5.91 Å². The van der Waals surface area contributed by atoms with Crippen LogP contribution < -0.4 is 5.32 Å². The molecular formula is C17H18ClN5O. The summed E-state index contributed by atoms with van der Waals surface area (Å²) in [5.74, 6) is -0.229. The van der Waals surface area contributed by atoms with Gasteiger partial charge in [-0.3, -0.25) is 14.6 Å². The average molecular weight is 344 g/mol. The molecule has 1 aromatic carbocycles. The Labute approximate surface area is 144 Å². The van der Waals surface area contributed by atoms with Gasteiger partial charge in [0.15, 0.2) is 0 Å². The maximum Gasteiger partial charge on any atom is 0.269 e. The molecule has 0 spiro atoms. The molecular weight excluding hydrogens is 326 g/mol. The number of H-pyrrole nitrogens is 1. The van der Waals surface area contributed by atoms with Crippen LogP contribution in [-0.2, 0) is 13.6 Å². The van der Waals surface area contributed by atoms with E-state index in [1.807, 2.05) is 39.1 Å². The van der Waals surface area contributed by atoms with Crippen LogP contribution in [0.15, 0.2) is 30.3 Å². The quantitative estimate of drug-likeness (QED) is 0.764. The van der Waals surface area contributed by atoms with E-state index < -0.39 is 0 Å². The number of amides is 1. The van der Waals surface area contributed by atoms with Crippen molar-refractivity contribution in [1.82, 2.24) is 25.3 Å². The SMILES string of the molecule is Cc1nn(C)c(C)c1-c1cc(C(=O)NCc2ccccc2Cl)[nH]n1. The number of carbonyl (C=O) groups excluding carboxylic acids is 1. The number of aryl methyl sites for hydroxylation is 2. The summed E-state index contributed by atoms with van der Waals surface area (Å²) >= 11 is 6.09. The third-order valence-corrected chi connectivity index (χ3v) is 4.35. The maximum absolute atomic E-state index is 12.3. The zero-order chi connectivity index (χ0) is 17.3. The minimum absolute atomic E-state index is 0.229. The van der Waals surface area contributed by atoms with Crippen molar-refractivity contribution in [1.29, 1.82) is 0 Å². The lowest BCUT2D eigenvalue weighted by molar-refractivity contribution is 0.0946. The second-order valence-electron chi connectivity index (χ2n) is 5.61. The van der Waals surface area contributed by atoms with Crippen LogP contribution in [0.25, 0.3) is 11.3 Å². The largest absolute Gasteiger partial charge is 0.347 e. The van der Waals surface area contributed by atoms with Gasteiger partial charge in [0.1, 0.15) is 5.69 Å². The molecule has 0 bridgehead atoms. The molecule has 0 atom stereocenters. The molecule has 7 heteroatoms. The van der Waals surface area contributed by atoms with E-state index in [0.717, 1.165) is 22.5 Å². The summed E-state index contributed by atoms with van der Waals surface area (Å²) in [6.45, 7) is 4.26. The van der Waals surface area contributed by atoms with Crippen molar-refractivity contribution in [3.63, 3.8) is 0 Å². The highest BCUT2D eigenvalue weighted by atomic mass is 35.5. The van der Waals surface area contributed by atoms with Gasteiger partial charge in [0.25, 0.3) is 5.91 Å². The molecule has 124 valence electrons. The van der Waals surface area contributed by atoms with E-state index in [2.05, 4.69) is 20.6 Å². The van der Waals surface area contributed by atoms with Crippen LogP contribution in [0.2, 0.25) is 5.02 Å². The molecule has 3 aromatic rings. The van der Waals surface area contributed by atoms with Crippen molar-refractivity contribution >= 4 is 17.5 Å². The molecule has 0 radical (unpaired) electrons. The van der Waals surface area contributed by atoms with Crippen molar-refractivity contribution in [3.05, 3.63) is 58.0 Å². The Balaban J connectivity index is 1.76. The average Bonchev–Trinajstić information content (AvgIpc) is 3.12. The van der Waals surface area contributed by atoms with E-state index in [1.165, 1.54) is 0 Å². The predicted molar refractivity (Wildman–Crippen MR) is 92.9 cm³/mol. The fourth-order valence-electron chi connectivity index (χ4n) is 2.62. The van der Waals surface area contributed by atoms with Crippen molar-refractivity contribution in [3.8, 4) is 11.3 Å². The molecule has 0 unspecified atom stereocenters. The highest BCUT2D eigenvalue weighted by Crippen LogP contribution is 2.25. The Morgan fingerprint density at radius 3 is 2.75 bits per heavy atom. The first kappa shape index (κ1) is 16.3. The number of hydrogen-bond donors (Lipinski definition) is 2. The third-order valence-electron chi connectivity index (χ3n) is 3.98. The van der Waals surface area contributed by atoms with Crippen molar-refractivity contribution < 1.29 is 4.79 Å². The zero-order valence-electron chi connectivity index (χ0n) is 13.7. The number of nitrogens with zero attached hydrogens (tertiary/aromatic N) is 3. The van der Waals surface area contributed by atoms with E-state index in [4.69, 9.17) is 11.6 Å². The summed E-state index contributed by atoms with van der Waals surface area (Å²) < 4.78 is 1.80. The Bertz CT molecular complexity index is 896. The normalized spacial score (nSPS) is 10.8. The topological polar surface area (TPSA) is 75.6 Å². The van der Waals surface area contributed by atoms with Gasteiger partial charge >= 0.3 is 0 Å². The Morgan fingerprint density at radius 1 is 1.33 bits per heavy atom. The number of nitrogens with one attached hydrogen (secondary N) is 2. The van der Waals surface area contributed by atoms with E-state index in [0.29, 0.717) is 23.0 Å².